The van der Waals surface area contributed by atoms with E-state index >= 15 is 0 Å². The van der Waals surface area contributed by atoms with Crippen LogP contribution in [0.3, 0.4) is 0 Å². The molecule has 102 valence electrons. The standard InChI is InChI=1S/C14H19N3O2/c1-16-12-8-9(17-6-4-10(18)5-7-17)2-3-11(12)13(15)14(16)19/h2-3,8,10,13,18H,4-7,15H2,1H3. The normalized spacial score (nSPS) is 23.9. The molecule has 5 nitrogen and oxygen atoms in total. The average molecular weight is 261 g/mol. The number of aliphatic hydroxyl groups is 1. The van der Waals surface area contributed by atoms with Crippen LogP contribution in [0.25, 0.3) is 0 Å². The van der Waals surface area contributed by atoms with Gasteiger partial charge in [-0.2, -0.15) is 0 Å². The van der Waals surface area contributed by atoms with Crippen LogP contribution in [0.1, 0.15) is 24.4 Å². The Kier molecular flexibility index (Phi) is 2.95. The largest absolute Gasteiger partial charge is 0.393 e. The Balaban J connectivity index is 1.88. The van der Waals surface area contributed by atoms with Crippen molar-refractivity contribution in [2.75, 3.05) is 29.9 Å². The lowest BCUT2D eigenvalue weighted by atomic mass is 10.0. The van der Waals surface area contributed by atoms with Gasteiger partial charge in [-0.3, -0.25) is 4.79 Å². The van der Waals surface area contributed by atoms with Crippen molar-refractivity contribution in [2.45, 2.75) is 25.0 Å². The number of hydrogen-bond acceptors (Lipinski definition) is 4. The quantitative estimate of drug-likeness (QED) is 0.777. The van der Waals surface area contributed by atoms with Gasteiger partial charge >= 0.3 is 0 Å². The number of piperidine rings is 1. The van der Waals surface area contributed by atoms with Gasteiger partial charge in [0.25, 0.3) is 0 Å². The van der Waals surface area contributed by atoms with E-state index in [1.165, 1.54) is 0 Å². The molecule has 1 aromatic rings. The van der Waals surface area contributed by atoms with Gasteiger partial charge in [0.05, 0.1) is 11.8 Å². The summed E-state index contributed by atoms with van der Waals surface area (Å²) in [6.07, 6.45) is 1.42. The molecule has 1 amide bonds. The molecule has 0 saturated carbocycles. The summed E-state index contributed by atoms with van der Waals surface area (Å²) < 4.78 is 0. The van der Waals surface area contributed by atoms with Gasteiger partial charge in [0, 0.05) is 31.4 Å². The number of benzene rings is 1. The molecule has 0 aromatic heterocycles. The number of carbonyl (C=O) groups is 1. The van der Waals surface area contributed by atoms with E-state index in [1.807, 2.05) is 18.2 Å². The smallest absolute Gasteiger partial charge is 0.248 e. The van der Waals surface area contributed by atoms with Crippen LogP contribution < -0.4 is 15.5 Å². The Morgan fingerprint density at radius 3 is 2.68 bits per heavy atom. The third-order valence-corrected chi connectivity index (χ3v) is 4.14. The molecule has 2 aliphatic rings. The number of fused-ring (bicyclic) bond motifs is 1. The van der Waals surface area contributed by atoms with Gasteiger partial charge in [-0.25, -0.2) is 0 Å². The van der Waals surface area contributed by atoms with Crippen LogP contribution in [0.2, 0.25) is 0 Å². The molecular formula is C14H19N3O2. The lowest BCUT2D eigenvalue weighted by molar-refractivity contribution is -0.118. The molecule has 19 heavy (non-hydrogen) atoms. The van der Waals surface area contributed by atoms with Crippen molar-refractivity contribution in [1.82, 2.24) is 0 Å². The van der Waals surface area contributed by atoms with E-state index in [9.17, 15) is 9.90 Å². The Hall–Kier alpha value is -1.59. The van der Waals surface area contributed by atoms with Gasteiger partial charge in [0.1, 0.15) is 6.04 Å². The van der Waals surface area contributed by atoms with Crippen LogP contribution in [-0.2, 0) is 4.79 Å². The molecular weight excluding hydrogens is 242 g/mol. The Bertz CT molecular complexity index is 509. The van der Waals surface area contributed by atoms with Crippen molar-refractivity contribution in [2.24, 2.45) is 5.73 Å². The van der Waals surface area contributed by atoms with Crippen molar-refractivity contribution in [3.8, 4) is 0 Å². The molecule has 3 N–H and O–H groups in total. The second-order valence-electron chi connectivity index (χ2n) is 5.34. The number of nitrogens with two attached hydrogens (primary N) is 1. The Morgan fingerprint density at radius 2 is 2.00 bits per heavy atom. The van der Waals surface area contributed by atoms with Gasteiger partial charge in [0.2, 0.25) is 5.91 Å². The van der Waals surface area contributed by atoms with Crippen LogP contribution in [0.15, 0.2) is 18.2 Å². The number of likely N-dealkylation sites (N-methyl/N-ethyl adjacent to an activating group) is 1. The van der Waals surface area contributed by atoms with Crippen molar-refractivity contribution >= 4 is 17.3 Å². The minimum Gasteiger partial charge on any atom is -0.393 e. The highest BCUT2D eigenvalue weighted by atomic mass is 16.3. The van der Waals surface area contributed by atoms with E-state index in [-0.39, 0.29) is 12.0 Å². The lowest BCUT2D eigenvalue weighted by Crippen LogP contribution is -2.35. The first kappa shape index (κ1) is 12.4. The summed E-state index contributed by atoms with van der Waals surface area (Å²) in [7, 11) is 1.76. The zero-order chi connectivity index (χ0) is 13.6. The molecule has 0 spiro atoms. The fourth-order valence-electron chi connectivity index (χ4n) is 2.87. The topological polar surface area (TPSA) is 69.8 Å². The van der Waals surface area contributed by atoms with E-state index < -0.39 is 6.04 Å². The van der Waals surface area contributed by atoms with Gasteiger partial charge in [-0.1, -0.05) is 6.07 Å². The van der Waals surface area contributed by atoms with Crippen molar-refractivity contribution in [3.05, 3.63) is 23.8 Å². The van der Waals surface area contributed by atoms with Crippen LogP contribution in [0, 0.1) is 0 Å². The minimum absolute atomic E-state index is 0.0544. The maximum Gasteiger partial charge on any atom is 0.248 e. The number of anilines is 2. The first-order valence-electron chi connectivity index (χ1n) is 6.68. The lowest BCUT2D eigenvalue weighted by Gasteiger charge is -2.32. The van der Waals surface area contributed by atoms with Crippen LogP contribution in [0.5, 0.6) is 0 Å². The molecule has 0 radical (unpaired) electrons. The first-order chi connectivity index (χ1) is 9.08. The second kappa shape index (κ2) is 4.51. The third kappa shape index (κ3) is 1.99. The van der Waals surface area contributed by atoms with E-state index in [0.717, 1.165) is 42.9 Å². The van der Waals surface area contributed by atoms with E-state index in [4.69, 9.17) is 5.73 Å². The maximum absolute atomic E-state index is 11.8. The summed E-state index contributed by atoms with van der Waals surface area (Å²) in [6, 6.07) is 5.46. The number of amides is 1. The highest BCUT2D eigenvalue weighted by Gasteiger charge is 2.32. The van der Waals surface area contributed by atoms with E-state index in [1.54, 1.807) is 11.9 Å². The van der Waals surface area contributed by atoms with Gasteiger partial charge in [-0.05, 0) is 25.0 Å². The summed E-state index contributed by atoms with van der Waals surface area (Å²) in [6.45, 7) is 1.70. The highest BCUT2D eigenvalue weighted by molar-refractivity contribution is 6.04. The summed E-state index contributed by atoms with van der Waals surface area (Å²) in [4.78, 5) is 15.7. The predicted molar refractivity (Wildman–Crippen MR) is 74.2 cm³/mol. The minimum atomic E-state index is -0.530. The molecule has 1 atom stereocenters. The molecule has 0 aliphatic carbocycles. The fraction of sp³-hybridized carbons (Fsp3) is 0.500. The monoisotopic (exact) mass is 261 g/mol. The van der Waals surface area contributed by atoms with Crippen LogP contribution in [-0.4, -0.2) is 37.3 Å². The molecule has 3 rings (SSSR count). The SMILES string of the molecule is CN1C(=O)C(N)c2ccc(N3CCC(O)CC3)cc21. The van der Waals surface area contributed by atoms with E-state index in [2.05, 4.69) is 4.90 Å². The van der Waals surface area contributed by atoms with Crippen LogP contribution >= 0.6 is 0 Å². The molecule has 1 aromatic carbocycles. The number of aliphatic hydroxyl groups excluding tert-OH is 1. The molecule has 5 heteroatoms. The number of nitrogens with zero attached hydrogens (tertiary/aromatic N) is 2. The molecule has 2 heterocycles. The molecule has 0 bridgehead atoms. The Morgan fingerprint density at radius 1 is 1.32 bits per heavy atom. The fourth-order valence-corrected chi connectivity index (χ4v) is 2.87. The number of hydrogen-bond donors (Lipinski definition) is 2. The zero-order valence-electron chi connectivity index (χ0n) is 11.0. The first-order valence-corrected chi connectivity index (χ1v) is 6.68. The maximum atomic E-state index is 11.8. The second-order valence-corrected chi connectivity index (χ2v) is 5.34. The Labute approximate surface area is 112 Å². The predicted octanol–water partition coefficient (Wildman–Crippen LogP) is 0.624. The summed E-state index contributed by atoms with van der Waals surface area (Å²) >= 11 is 0. The molecule has 2 aliphatic heterocycles. The number of carbonyl (C=O) groups excluding carboxylic acids is 1. The van der Waals surface area contributed by atoms with Gasteiger partial charge < -0.3 is 20.6 Å². The zero-order valence-corrected chi connectivity index (χ0v) is 11.0. The van der Waals surface area contributed by atoms with Gasteiger partial charge in [0.15, 0.2) is 0 Å². The van der Waals surface area contributed by atoms with Gasteiger partial charge in [-0.15, -0.1) is 0 Å². The average Bonchev–Trinajstić information content (AvgIpc) is 2.64. The van der Waals surface area contributed by atoms with Crippen molar-refractivity contribution < 1.29 is 9.90 Å². The molecule has 1 unspecified atom stereocenters. The van der Waals surface area contributed by atoms with Crippen molar-refractivity contribution in [1.29, 1.82) is 0 Å². The van der Waals surface area contributed by atoms with Crippen LogP contribution in [0.4, 0.5) is 11.4 Å². The summed E-state index contributed by atoms with van der Waals surface area (Å²) in [5, 5.41) is 9.54. The highest BCUT2D eigenvalue weighted by Crippen LogP contribution is 2.36. The third-order valence-electron chi connectivity index (χ3n) is 4.14. The molecule has 1 fully saturated rings. The summed E-state index contributed by atoms with van der Waals surface area (Å²) in [5.74, 6) is -0.0544. The molecule has 1 saturated heterocycles. The number of rotatable bonds is 1. The summed E-state index contributed by atoms with van der Waals surface area (Å²) in [5.41, 5.74) is 8.79. The van der Waals surface area contributed by atoms with Crippen molar-refractivity contribution in [3.63, 3.8) is 0 Å². The van der Waals surface area contributed by atoms with E-state index in [0.29, 0.717) is 0 Å².